The van der Waals surface area contributed by atoms with Crippen molar-refractivity contribution >= 4 is 23.4 Å². The maximum atomic E-state index is 13.2. The van der Waals surface area contributed by atoms with Gasteiger partial charge in [-0.05, 0) is 39.3 Å². The summed E-state index contributed by atoms with van der Waals surface area (Å²) in [6.07, 6.45) is 0.866. The van der Waals surface area contributed by atoms with Crippen molar-refractivity contribution in [2.75, 3.05) is 24.6 Å². The molecular formula is C20H25N3O4. The molecular weight excluding hydrogens is 346 g/mol. The molecule has 1 aromatic rings. The second-order valence-electron chi connectivity index (χ2n) is 7.89. The van der Waals surface area contributed by atoms with Crippen LogP contribution in [0.25, 0.3) is 0 Å². The van der Waals surface area contributed by atoms with Crippen molar-refractivity contribution in [3.8, 4) is 0 Å². The van der Waals surface area contributed by atoms with Crippen LogP contribution in [-0.4, -0.2) is 65.0 Å². The summed E-state index contributed by atoms with van der Waals surface area (Å²) in [5, 5.41) is 0. The van der Waals surface area contributed by atoms with E-state index in [-0.39, 0.29) is 36.4 Å². The molecule has 2 saturated heterocycles. The Morgan fingerprint density at radius 1 is 1.26 bits per heavy atom. The van der Waals surface area contributed by atoms with Gasteiger partial charge in [-0.15, -0.1) is 0 Å². The van der Waals surface area contributed by atoms with Crippen LogP contribution in [0, 0.1) is 0 Å². The molecule has 0 spiro atoms. The smallest absolute Gasteiger partial charge is 0.258 e. The van der Waals surface area contributed by atoms with E-state index >= 15 is 0 Å². The summed E-state index contributed by atoms with van der Waals surface area (Å²) in [4.78, 5) is 43.9. The van der Waals surface area contributed by atoms with E-state index in [1.54, 1.807) is 32.9 Å². The highest BCUT2D eigenvalue weighted by Gasteiger charge is 2.53. The Balaban J connectivity index is 1.67. The lowest BCUT2D eigenvalue weighted by Crippen LogP contribution is -2.64. The van der Waals surface area contributed by atoms with Crippen molar-refractivity contribution in [1.82, 2.24) is 9.80 Å². The lowest BCUT2D eigenvalue weighted by atomic mass is 9.98. The number of carbonyl (C=O) groups is 3. The molecule has 0 N–H and O–H groups in total. The van der Waals surface area contributed by atoms with Gasteiger partial charge in [0.15, 0.2) is 0 Å². The second kappa shape index (κ2) is 6.34. The van der Waals surface area contributed by atoms with Crippen molar-refractivity contribution < 1.29 is 19.1 Å². The molecule has 0 aromatic heterocycles. The first kappa shape index (κ1) is 18.0. The predicted octanol–water partition coefficient (Wildman–Crippen LogP) is 1.62. The molecule has 3 atom stereocenters. The number of benzene rings is 1. The SMILES string of the molecule is CC1CN(C(=O)CN2C(=O)c3ccccc3N3C(=O)CCC23C)C(C)CO1. The van der Waals surface area contributed by atoms with Gasteiger partial charge in [0, 0.05) is 13.0 Å². The topological polar surface area (TPSA) is 70.2 Å². The van der Waals surface area contributed by atoms with E-state index in [4.69, 9.17) is 4.74 Å². The van der Waals surface area contributed by atoms with Gasteiger partial charge in [0.25, 0.3) is 5.91 Å². The van der Waals surface area contributed by atoms with Gasteiger partial charge in [-0.1, -0.05) is 12.1 Å². The summed E-state index contributed by atoms with van der Waals surface area (Å²) >= 11 is 0. The molecule has 2 fully saturated rings. The average Bonchev–Trinajstić information content (AvgIpc) is 2.96. The standard InChI is InChI=1S/C20H25N3O4/c1-13-12-27-14(2)10-21(13)18(25)11-22-19(26)15-6-4-5-7-16(15)23-17(24)8-9-20(22,23)3/h4-7,13-14H,8-12H2,1-3H3. The molecule has 3 heterocycles. The highest BCUT2D eigenvalue weighted by Crippen LogP contribution is 2.43. The molecule has 0 saturated carbocycles. The van der Waals surface area contributed by atoms with Crippen LogP contribution in [0.5, 0.6) is 0 Å². The van der Waals surface area contributed by atoms with Gasteiger partial charge in [0.05, 0.1) is 30.0 Å². The van der Waals surface area contributed by atoms with Crippen LogP contribution < -0.4 is 4.90 Å². The third kappa shape index (κ3) is 2.72. The van der Waals surface area contributed by atoms with Gasteiger partial charge in [-0.3, -0.25) is 19.3 Å². The first-order chi connectivity index (χ1) is 12.8. The fraction of sp³-hybridized carbons (Fsp3) is 0.550. The van der Waals surface area contributed by atoms with Crippen LogP contribution in [-0.2, 0) is 14.3 Å². The zero-order chi connectivity index (χ0) is 19.3. The lowest BCUT2D eigenvalue weighted by Gasteiger charge is -2.49. The van der Waals surface area contributed by atoms with E-state index < -0.39 is 5.66 Å². The zero-order valence-corrected chi connectivity index (χ0v) is 16.0. The molecule has 4 rings (SSSR count). The number of ether oxygens (including phenoxy) is 1. The molecule has 3 unspecified atom stereocenters. The molecule has 3 amide bonds. The van der Waals surface area contributed by atoms with Gasteiger partial charge < -0.3 is 14.5 Å². The molecule has 0 bridgehead atoms. The molecule has 3 aliphatic heterocycles. The number of fused-ring (bicyclic) bond motifs is 3. The van der Waals surface area contributed by atoms with Crippen LogP contribution in [0.1, 0.15) is 44.0 Å². The number of amides is 3. The van der Waals surface area contributed by atoms with Crippen molar-refractivity contribution in [1.29, 1.82) is 0 Å². The quantitative estimate of drug-likeness (QED) is 0.792. The highest BCUT2D eigenvalue weighted by molar-refractivity contribution is 6.11. The Morgan fingerprint density at radius 3 is 2.78 bits per heavy atom. The Kier molecular flexibility index (Phi) is 4.22. The minimum Gasteiger partial charge on any atom is -0.375 e. The van der Waals surface area contributed by atoms with E-state index in [9.17, 15) is 14.4 Å². The average molecular weight is 371 g/mol. The third-order valence-electron chi connectivity index (χ3n) is 5.97. The van der Waals surface area contributed by atoms with E-state index in [0.717, 1.165) is 0 Å². The van der Waals surface area contributed by atoms with Crippen molar-refractivity contribution in [2.24, 2.45) is 0 Å². The lowest BCUT2D eigenvalue weighted by molar-refractivity contribution is -0.145. The number of hydrogen-bond acceptors (Lipinski definition) is 4. The van der Waals surface area contributed by atoms with Crippen LogP contribution in [0.4, 0.5) is 5.69 Å². The monoisotopic (exact) mass is 371 g/mol. The fourth-order valence-electron chi connectivity index (χ4n) is 4.42. The fourth-order valence-corrected chi connectivity index (χ4v) is 4.42. The number of morpholine rings is 1. The molecule has 0 radical (unpaired) electrons. The minimum absolute atomic E-state index is 0.0109. The number of nitrogens with zero attached hydrogens (tertiary/aromatic N) is 3. The van der Waals surface area contributed by atoms with E-state index in [2.05, 4.69) is 0 Å². The van der Waals surface area contributed by atoms with Gasteiger partial charge in [0.1, 0.15) is 12.2 Å². The Labute approximate surface area is 158 Å². The summed E-state index contributed by atoms with van der Waals surface area (Å²) < 4.78 is 5.60. The zero-order valence-electron chi connectivity index (χ0n) is 16.0. The van der Waals surface area contributed by atoms with Crippen LogP contribution >= 0.6 is 0 Å². The van der Waals surface area contributed by atoms with Crippen LogP contribution in [0.3, 0.4) is 0 Å². The number of hydrogen-bond donors (Lipinski definition) is 0. The summed E-state index contributed by atoms with van der Waals surface area (Å²) in [7, 11) is 0. The molecule has 7 nitrogen and oxygen atoms in total. The molecule has 0 aliphatic carbocycles. The van der Waals surface area contributed by atoms with Crippen LogP contribution in [0.15, 0.2) is 24.3 Å². The maximum Gasteiger partial charge on any atom is 0.258 e. The minimum atomic E-state index is -0.806. The Morgan fingerprint density at radius 2 is 2.00 bits per heavy atom. The highest BCUT2D eigenvalue weighted by atomic mass is 16.5. The van der Waals surface area contributed by atoms with Gasteiger partial charge in [-0.2, -0.15) is 0 Å². The summed E-state index contributed by atoms with van der Waals surface area (Å²) in [5.41, 5.74) is 0.310. The molecule has 27 heavy (non-hydrogen) atoms. The second-order valence-corrected chi connectivity index (χ2v) is 7.89. The summed E-state index contributed by atoms with van der Waals surface area (Å²) in [6, 6.07) is 7.11. The van der Waals surface area contributed by atoms with Crippen molar-refractivity contribution in [3.63, 3.8) is 0 Å². The normalized spacial score (nSPS) is 30.4. The first-order valence-corrected chi connectivity index (χ1v) is 9.48. The number of rotatable bonds is 2. The van der Waals surface area contributed by atoms with Gasteiger partial charge in [0.2, 0.25) is 11.8 Å². The van der Waals surface area contributed by atoms with Gasteiger partial charge >= 0.3 is 0 Å². The summed E-state index contributed by atoms with van der Waals surface area (Å²) in [5.74, 6) is -0.310. The largest absolute Gasteiger partial charge is 0.375 e. The Bertz CT molecular complexity index is 810. The van der Waals surface area contributed by atoms with Crippen LogP contribution in [0.2, 0.25) is 0 Å². The van der Waals surface area contributed by atoms with E-state index in [0.29, 0.717) is 37.2 Å². The number of carbonyl (C=O) groups excluding carboxylic acids is 3. The molecule has 7 heteroatoms. The van der Waals surface area contributed by atoms with E-state index in [1.807, 2.05) is 26.8 Å². The molecule has 1 aromatic carbocycles. The number of para-hydroxylation sites is 1. The summed E-state index contributed by atoms with van der Waals surface area (Å²) in [6.45, 7) is 6.73. The maximum absolute atomic E-state index is 13.2. The molecule has 144 valence electrons. The first-order valence-electron chi connectivity index (χ1n) is 9.48. The van der Waals surface area contributed by atoms with E-state index in [1.165, 1.54) is 0 Å². The predicted molar refractivity (Wildman–Crippen MR) is 99.2 cm³/mol. The molecule has 3 aliphatic rings. The van der Waals surface area contributed by atoms with Gasteiger partial charge in [-0.25, -0.2) is 0 Å². The van der Waals surface area contributed by atoms with Crippen molar-refractivity contribution in [3.05, 3.63) is 29.8 Å². The van der Waals surface area contributed by atoms with Crippen molar-refractivity contribution in [2.45, 2.75) is 51.4 Å². The third-order valence-corrected chi connectivity index (χ3v) is 5.97. The number of anilines is 1. The Hall–Kier alpha value is -2.41.